The Kier molecular flexibility index (Phi) is 4.55. The number of morpholine rings is 1. The highest BCUT2D eigenvalue weighted by Gasteiger charge is 2.31. The Hall–Kier alpha value is -1.27. The van der Waals surface area contributed by atoms with Gasteiger partial charge in [-0.15, -0.1) is 13.2 Å². The van der Waals surface area contributed by atoms with Gasteiger partial charge in [-0.05, 0) is 31.5 Å². The molecule has 0 bridgehead atoms. The zero-order valence-corrected chi connectivity index (χ0v) is 11.5. The molecule has 0 aromatic heterocycles. The maximum atomic E-state index is 12.1. The summed E-state index contributed by atoms with van der Waals surface area (Å²) in [5, 5.41) is 0. The molecule has 112 valence electrons. The number of nitrogens with zero attached hydrogens (tertiary/aromatic N) is 1. The molecule has 1 saturated heterocycles. The highest BCUT2D eigenvalue weighted by atomic mass is 19.4. The van der Waals surface area contributed by atoms with E-state index in [0.29, 0.717) is 6.54 Å². The van der Waals surface area contributed by atoms with E-state index in [9.17, 15) is 13.2 Å². The molecule has 1 heterocycles. The molecule has 0 spiro atoms. The van der Waals surface area contributed by atoms with Crippen LogP contribution < -0.4 is 4.74 Å². The predicted octanol–water partition coefficient (Wildman–Crippen LogP) is 3.19. The van der Waals surface area contributed by atoms with Crippen LogP contribution in [-0.4, -0.2) is 36.6 Å². The first-order valence-corrected chi connectivity index (χ1v) is 6.54. The van der Waals surface area contributed by atoms with Gasteiger partial charge in [0.25, 0.3) is 0 Å². The van der Waals surface area contributed by atoms with E-state index in [4.69, 9.17) is 4.74 Å². The Bertz CT molecular complexity index is 423. The Morgan fingerprint density at radius 3 is 2.20 bits per heavy atom. The normalized spacial score (nSPS) is 24.6. The lowest BCUT2D eigenvalue weighted by Crippen LogP contribution is -2.44. The van der Waals surface area contributed by atoms with Gasteiger partial charge >= 0.3 is 6.36 Å². The molecule has 1 aliphatic rings. The summed E-state index contributed by atoms with van der Waals surface area (Å²) in [5.74, 6) is -0.190. The first-order chi connectivity index (χ1) is 9.32. The zero-order chi connectivity index (χ0) is 14.8. The molecule has 1 fully saturated rings. The van der Waals surface area contributed by atoms with E-state index in [1.807, 2.05) is 13.8 Å². The number of rotatable bonds is 3. The lowest BCUT2D eigenvalue weighted by molar-refractivity contribution is -0.274. The average molecular weight is 289 g/mol. The van der Waals surface area contributed by atoms with Crippen molar-refractivity contribution in [2.24, 2.45) is 0 Å². The van der Waals surface area contributed by atoms with Crippen LogP contribution in [0.3, 0.4) is 0 Å². The summed E-state index contributed by atoms with van der Waals surface area (Å²) >= 11 is 0. The van der Waals surface area contributed by atoms with Crippen molar-refractivity contribution in [3.8, 4) is 5.75 Å². The smallest absolute Gasteiger partial charge is 0.406 e. The van der Waals surface area contributed by atoms with Gasteiger partial charge in [0.1, 0.15) is 5.75 Å². The predicted molar refractivity (Wildman–Crippen MR) is 68.4 cm³/mol. The summed E-state index contributed by atoms with van der Waals surface area (Å²) in [6, 6.07) is 6.00. The van der Waals surface area contributed by atoms with Crippen molar-refractivity contribution >= 4 is 0 Å². The van der Waals surface area contributed by atoms with E-state index >= 15 is 0 Å². The second kappa shape index (κ2) is 6.01. The Labute approximate surface area is 116 Å². The van der Waals surface area contributed by atoms with Gasteiger partial charge in [0.05, 0.1) is 12.2 Å². The molecule has 1 aromatic carbocycles. The van der Waals surface area contributed by atoms with E-state index in [2.05, 4.69) is 9.64 Å². The summed E-state index contributed by atoms with van der Waals surface area (Å²) in [4.78, 5) is 2.23. The van der Waals surface area contributed by atoms with Gasteiger partial charge in [-0.3, -0.25) is 4.90 Å². The molecule has 1 aromatic rings. The summed E-state index contributed by atoms with van der Waals surface area (Å²) in [6.07, 6.45) is -4.30. The fraction of sp³-hybridized carbons (Fsp3) is 0.571. The first-order valence-electron chi connectivity index (χ1n) is 6.54. The van der Waals surface area contributed by atoms with Crippen LogP contribution in [0.4, 0.5) is 13.2 Å². The van der Waals surface area contributed by atoms with Crippen molar-refractivity contribution in [3.63, 3.8) is 0 Å². The molecule has 20 heavy (non-hydrogen) atoms. The van der Waals surface area contributed by atoms with Gasteiger partial charge < -0.3 is 9.47 Å². The Morgan fingerprint density at radius 1 is 1.15 bits per heavy atom. The Balaban J connectivity index is 1.93. The van der Waals surface area contributed by atoms with Gasteiger partial charge in [0.2, 0.25) is 0 Å². The minimum absolute atomic E-state index is 0.173. The molecule has 0 N–H and O–H groups in total. The van der Waals surface area contributed by atoms with Crippen LogP contribution in [0.5, 0.6) is 5.75 Å². The summed E-state index contributed by atoms with van der Waals surface area (Å²) in [5.41, 5.74) is 0.959. The fourth-order valence-electron chi connectivity index (χ4n) is 2.47. The van der Waals surface area contributed by atoms with E-state index in [0.717, 1.165) is 18.7 Å². The van der Waals surface area contributed by atoms with Crippen molar-refractivity contribution in [1.29, 1.82) is 0 Å². The van der Waals surface area contributed by atoms with Crippen molar-refractivity contribution < 1.29 is 22.6 Å². The van der Waals surface area contributed by atoms with Gasteiger partial charge in [0.15, 0.2) is 0 Å². The van der Waals surface area contributed by atoms with E-state index in [1.165, 1.54) is 12.1 Å². The van der Waals surface area contributed by atoms with E-state index in [-0.39, 0.29) is 18.0 Å². The molecule has 3 nitrogen and oxygen atoms in total. The second-order valence-corrected chi connectivity index (χ2v) is 5.14. The van der Waals surface area contributed by atoms with Gasteiger partial charge in [0, 0.05) is 19.6 Å². The SMILES string of the molecule is C[C@@H]1CN(Cc2ccc(OC(F)(F)F)cc2)C[C@@H](C)O1. The third kappa shape index (κ3) is 4.68. The van der Waals surface area contributed by atoms with Crippen LogP contribution in [0.15, 0.2) is 24.3 Å². The highest BCUT2D eigenvalue weighted by Crippen LogP contribution is 2.23. The maximum Gasteiger partial charge on any atom is 0.573 e. The summed E-state index contributed by atoms with van der Waals surface area (Å²) in [7, 11) is 0. The molecule has 2 atom stereocenters. The summed E-state index contributed by atoms with van der Waals surface area (Å²) < 4.78 is 45.7. The molecule has 0 amide bonds. The van der Waals surface area contributed by atoms with Crippen LogP contribution in [-0.2, 0) is 11.3 Å². The molecular weight excluding hydrogens is 271 g/mol. The molecule has 0 aliphatic carbocycles. The second-order valence-electron chi connectivity index (χ2n) is 5.14. The molecule has 0 saturated carbocycles. The van der Waals surface area contributed by atoms with Crippen molar-refractivity contribution in [2.75, 3.05) is 13.1 Å². The van der Waals surface area contributed by atoms with E-state index in [1.54, 1.807) is 12.1 Å². The van der Waals surface area contributed by atoms with Crippen LogP contribution in [0.25, 0.3) is 0 Å². The van der Waals surface area contributed by atoms with Crippen LogP contribution >= 0.6 is 0 Å². The molecule has 0 unspecified atom stereocenters. The number of ether oxygens (including phenoxy) is 2. The van der Waals surface area contributed by atoms with Crippen LogP contribution in [0.1, 0.15) is 19.4 Å². The van der Waals surface area contributed by atoms with Crippen molar-refractivity contribution in [3.05, 3.63) is 29.8 Å². The van der Waals surface area contributed by atoms with E-state index < -0.39 is 6.36 Å². The minimum atomic E-state index is -4.64. The van der Waals surface area contributed by atoms with Gasteiger partial charge in [-0.2, -0.15) is 0 Å². The lowest BCUT2D eigenvalue weighted by atomic mass is 10.1. The largest absolute Gasteiger partial charge is 0.573 e. The summed E-state index contributed by atoms with van der Waals surface area (Å²) in [6.45, 7) is 6.38. The van der Waals surface area contributed by atoms with Gasteiger partial charge in [-0.1, -0.05) is 12.1 Å². The number of hydrogen-bond donors (Lipinski definition) is 0. The topological polar surface area (TPSA) is 21.7 Å². The number of halogens is 3. The standard InChI is InChI=1S/C14H18F3NO2/c1-10-7-18(8-11(2)19-10)9-12-3-5-13(6-4-12)20-14(15,16)17/h3-6,10-11H,7-9H2,1-2H3/t10-,11-/m1/s1. The first kappa shape index (κ1) is 15.1. The van der Waals surface area contributed by atoms with Crippen molar-refractivity contribution in [2.45, 2.75) is 39.0 Å². The van der Waals surface area contributed by atoms with Crippen LogP contribution in [0, 0.1) is 0 Å². The number of alkyl halides is 3. The van der Waals surface area contributed by atoms with Crippen molar-refractivity contribution in [1.82, 2.24) is 4.90 Å². The molecule has 2 rings (SSSR count). The maximum absolute atomic E-state index is 12.1. The molecule has 6 heteroatoms. The third-order valence-corrected chi connectivity index (χ3v) is 3.06. The molecular formula is C14H18F3NO2. The highest BCUT2D eigenvalue weighted by molar-refractivity contribution is 5.27. The zero-order valence-electron chi connectivity index (χ0n) is 11.5. The molecule has 0 radical (unpaired) electrons. The van der Waals surface area contributed by atoms with Gasteiger partial charge in [-0.25, -0.2) is 0 Å². The lowest BCUT2D eigenvalue weighted by Gasteiger charge is -2.35. The number of hydrogen-bond acceptors (Lipinski definition) is 3. The van der Waals surface area contributed by atoms with Crippen LogP contribution in [0.2, 0.25) is 0 Å². The quantitative estimate of drug-likeness (QED) is 0.853. The average Bonchev–Trinajstić information content (AvgIpc) is 2.28. The third-order valence-electron chi connectivity index (χ3n) is 3.06. The monoisotopic (exact) mass is 289 g/mol. The number of benzene rings is 1. The minimum Gasteiger partial charge on any atom is -0.406 e. The fourth-order valence-corrected chi connectivity index (χ4v) is 2.47. The Morgan fingerprint density at radius 2 is 1.70 bits per heavy atom. The molecule has 1 aliphatic heterocycles.